The van der Waals surface area contributed by atoms with Crippen molar-refractivity contribution >= 4 is 0 Å². The quantitative estimate of drug-likeness (QED) is 0.0441. The van der Waals surface area contributed by atoms with E-state index in [0.29, 0.717) is 0 Å². The molecule has 0 radical (unpaired) electrons. The topological polar surface area (TPSA) is 73.8 Å². The van der Waals surface area contributed by atoms with E-state index in [2.05, 4.69) is 112 Å². The maximum Gasteiger partial charge on any atom is 0.0873 e. The molecule has 0 aliphatic rings. The van der Waals surface area contributed by atoms with E-state index in [-0.39, 0.29) is 0 Å². The molecule has 0 aromatic carbocycles. The zero-order chi connectivity index (χ0) is 102. The largest absolute Gasteiger partial charge is 0.502 e. The van der Waals surface area contributed by atoms with E-state index in [1.165, 1.54) is 648 Å². The molecule has 0 aromatic heterocycles. The Morgan fingerprint density at radius 1 is 0.0942 bits per heavy atom. The van der Waals surface area contributed by atoms with Crippen LogP contribution in [0.1, 0.15) is 678 Å². The zero-order valence-corrected chi connectivity index (χ0v) is 96.1. The van der Waals surface area contributed by atoms with Crippen LogP contribution in [0, 0.1) is 0 Å². The summed E-state index contributed by atoms with van der Waals surface area (Å²) in [5, 5.41) is 0. The van der Waals surface area contributed by atoms with Crippen molar-refractivity contribution in [1.29, 1.82) is 0 Å². The lowest BCUT2D eigenvalue weighted by molar-refractivity contribution is 0.241. The highest BCUT2D eigenvalue weighted by molar-refractivity contribution is 4.62. The van der Waals surface area contributed by atoms with Gasteiger partial charge >= 0.3 is 0 Å². The van der Waals surface area contributed by atoms with Crippen LogP contribution < -0.4 is 0 Å². The maximum absolute atomic E-state index is 5.12. The van der Waals surface area contributed by atoms with Gasteiger partial charge in [-0.2, -0.15) is 0 Å². The molecule has 826 valence electrons. The Labute approximate surface area is 872 Å². The summed E-state index contributed by atoms with van der Waals surface area (Å²) in [4.78, 5) is 0. The van der Waals surface area contributed by atoms with E-state index < -0.39 is 0 Å². The third-order valence-corrected chi connectivity index (χ3v) is 26.3. The summed E-state index contributed by atoms with van der Waals surface area (Å²) in [6, 6.07) is 0. The third kappa shape index (κ3) is 187. The van der Waals surface area contributed by atoms with E-state index >= 15 is 0 Å². The number of rotatable bonds is 114. The molecule has 8 nitrogen and oxygen atoms in total. The summed E-state index contributed by atoms with van der Waals surface area (Å²) >= 11 is 0. The van der Waals surface area contributed by atoms with Crippen LogP contribution in [-0.2, 0) is 37.9 Å². The standard InChI is InChI=1S/C21H42O.C20H40O.C19H38O.C18H36O.C17H34O.C16H32O.C15H30O.C4H6O/c1-3-5-6-7-8-9-10-11-12-13-14-15-16-17-18-19-20-21-22-4-2;1-3-5-6-7-8-9-10-11-12-13-14-15-16-17-18-19-20-21-4-2;1-3-5-6-7-8-9-10-11-12-13-14-15-16-17-18-19-20-4-2;1-3-5-6-7-8-9-10-11-12-13-14-15-16-17-18-19-4-2;1-3-5-6-7-8-9-10-11-12-13-14-15-16-17-18-4-2;1-3-5-6-7-8-9-10-11-12-13-14-15-16-17-4-2;1-3-5-6-7-8-9-10-11-12-13-14-15-16-4-2;1-3-5-4-2/h4H,2-3,5-21H2,1H3;4H,2-3,5-20H2,1H3;4H,2-3,5-19H2,1H3;4H,2-3,5-18H2,1H3;4H,2-3,5-17H2,1H3;4H,2-3,5-16H2,1H3;4H,2-3,5-15H2,1H3;3-4H,1-2H2. The van der Waals surface area contributed by atoms with Crippen molar-refractivity contribution < 1.29 is 37.9 Å². The van der Waals surface area contributed by atoms with Gasteiger partial charge in [0.15, 0.2) is 0 Å². The predicted molar refractivity (Wildman–Crippen MR) is 627 cm³/mol. The van der Waals surface area contributed by atoms with Crippen LogP contribution in [0.4, 0.5) is 0 Å². The van der Waals surface area contributed by atoms with E-state index in [1.807, 2.05) is 0 Å². The van der Waals surface area contributed by atoms with Crippen LogP contribution >= 0.6 is 0 Å². The Morgan fingerprint density at radius 3 is 0.210 bits per heavy atom. The van der Waals surface area contributed by atoms with Gasteiger partial charge in [-0.15, -0.1) is 0 Å². The van der Waals surface area contributed by atoms with Gasteiger partial charge in [0.25, 0.3) is 0 Å². The highest BCUT2D eigenvalue weighted by Gasteiger charge is 2.03. The van der Waals surface area contributed by atoms with E-state index in [4.69, 9.17) is 33.2 Å². The molecule has 0 aliphatic carbocycles. The van der Waals surface area contributed by atoms with Gasteiger partial charge in [-0.05, 0) is 44.9 Å². The minimum absolute atomic E-state index is 0.848. The van der Waals surface area contributed by atoms with Crippen molar-refractivity contribution in [3.05, 3.63) is 116 Å². The zero-order valence-electron chi connectivity index (χ0n) is 96.1. The van der Waals surface area contributed by atoms with Crippen molar-refractivity contribution in [2.24, 2.45) is 0 Å². The Balaban J connectivity index is -0.000000236. The highest BCUT2D eigenvalue weighted by atomic mass is 16.5. The molecule has 0 aliphatic heterocycles. The van der Waals surface area contributed by atoms with E-state index in [0.717, 1.165) is 46.2 Å². The number of unbranched alkanes of at least 4 members (excludes halogenated alkanes) is 91. The van der Waals surface area contributed by atoms with Gasteiger partial charge in [-0.3, -0.25) is 0 Å². The van der Waals surface area contributed by atoms with Crippen LogP contribution in [-0.4, -0.2) is 46.2 Å². The average molecular weight is 1950 g/mol. The van der Waals surface area contributed by atoms with Crippen molar-refractivity contribution in [3.63, 3.8) is 0 Å². The second-order valence-electron chi connectivity index (χ2n) is 39.9. The molecule has 0 atom stereocenters. The van der Waals surface area contributed by atoms with Crippen LogP contribution in [0.2, 0.25) is 0 Å². The molecule has 0 bridgehead atoms. The minimum atomic E-state index is 0.848. The fourth-order valence-electron chi connectivity index (χ4n) is 17.3. The summed E-state index contributed by atoms with van der Waals surface area (Å²) in [5.74, 6) is 0. The molecule has 0 N–H and O–H groups in total. The predicted octanol–water partition coefficient (Wildman–Crippen LogP) is 47.7. The minimum Gasteiger partial charge on any atom is -0.502 e. The molecule has 0 spiro atoms. The van der Waals surface area contributed by atoms with Gasteiger partial charge in [0, 0.05) is 0 Å². The van der Waals surface area contributed by atoms with Crippen LogP contribution in [0.25, 0.3) is 0 Å². The van der Waals surface area contributed by atoms with Crippen molar-refractivity contribution in [1.82, 2.24) is 0 Å². The van der Waals surface area contributed by atoms with Gasteiger partial charge in [0.05, 0.1) is 103 Å². The second kappa shape index (κ2) is 166. The van der Waals surface area contributed by atoms with Gasteiger partial charge < -0.3 is 37.9 Å². The van der Waals surface area contributed by atoms with Crippen molar-refractivity contribution in [2.45, 2.75) is 678 Å². The van der Waals surface area contributed by atoms with Crippen LogP contribution in [0.15, 0.2) is 116 Å². The van der Waals surface area contributed by atoms with Crippen molar-refractivity contribution in [3.8, 4) is 0 Å². The molecular weight excluding hydrogens is 1690 g/mol. The summed E-state index contributed by atoms with van der Waals surface area (Å²) in [6.45, 7) is 53.2. The molecule has 0 unspecified atom stereocenters. The fourth-order valence-corrected chi connectivity index (χ4v) is 17.3. The van der Waals surface area contributed by atoms with Gasteiger partial charge in [-0.1, -0.05) is 692 Å². The Kier molecular flexibility index (Phi) is 180. The number of hydrogen-bond acceptors (Lipinski definition) is 8. The smallest absolute Gasteiger partial charge is 0.0873 e. The Hall–Kier alpha value is -3.94. The molecule has 0 heterocycles. The molecule has 0 fully saturated rings. The summed E-state index contributed by atoms with van der Waals surface area (Å²) < 4.78 is 40.1. The average Bonchev–Trinajstić information content (AvgIpc) is 1.12. The molecule has 0 saturated heterocycles. The SMILES string of the molecule is C=COC=C.C=COCCCCCCCCCCCCC.C=COCCCCCCCCCCCCCC.C=COCCCCCCCCCCCCCCC.C=COCCCCCCCCCCCCCCCC.C=COCCCCCCCCCCCCCCCCC.C=COCCCCCCCCCCCCCCCCCC.C=COCCCCCCCCCCCCCCCCCCC. The molecular formula is C130H258O8. The molecule has 8 heteroatoms. The monoisotopic (exact) mass is 1950 g/mol. The first-order valence-corrected chi connectivity index (χ1v) is 61.8. The van der Waals surface area contributed by atoms with Crippen molar-refractivity contribution in [2.75, 3.05) is 46.2 Å². The number of ether oxygens (including phenoxy) is 8. The molecule has 138 heavy (non-hydrogen) atoms. The summed E-state index contributed by atoms with van der Waals surface area (Å²) in [7, 11) is 0. The molecule has 0 amide bonds. The second-order valence-corrected chi connectivity index (χ2v) is 39.9. The van der Waals surface area contributed by atoms with Gasteiger partial charge in [0.2, 0.25) is 0 Å². The fraction of sp³-hybridized carbons (Fsp3) is 0.862. The first kappa shape index (κ1) is 149. The third-order valence-electron chi connectivity index (χ3n) is 26.3. The first-order chi connectivity index (χ1) is 68.3. The van der Waals surface area contributed by atoms with E-state index in [1.54, 1.807) is 37.6 Å². The summed E-state index contributed by atoms with van der Waals surface area (Å²) in [6.07, 6.45) is 151. The maximum atomic E-state index is 5.12. The van der Waals surface area contributed by atoms with Gasteiger partial charge in [-0.25, -0.2) is 0 Å². The Morgan fingerprint density at radius 2 is 0.159 bits per heavy atom. The molecule has 0 rings (SSSR count). The normalized spacial score (nSPS) is 10.4. The van der Waals surface area contributed by atoms with Crippen LogP contribution in [0.5, 0.6) is 0 Å². The van der Waals surface area contributed by atoms with Gasteiger partial charge in [0.1, 0.15) is 0 Å². The summed E-state index contributed by atoms with van der Waals surface area (Å²) in [5.41, 5.74) is 0. The molecule has 0 saturated carbocycles. The molecule has 0 aromatic rings. The van der Waals surface area contributed by atoms with E-state index in [9.17, 15) is 0 Å². The lowest BCUT2D eigenvalue weighted by atomic mass is 10.0. The van der Waals surface area contributed by atoms with Crippen LogP contribution in [0.3, 0.4) is 0 Å². The Bertz CT molecular complexity index is 2020. The number of hydrogen-bond donors (Lipinski definition) is 0. The lowest BCUT2D eigenvalue weighted by Gasteiger charge is -2.03. The lowest BCUT2D eigenvalue weighted by Crippen LogP contribution is -1.87. The highest BCUT2D eigenvalue weighted by Crippen LogP contribution is 2.22. The first-order valence-electron chi connectivity index (χ1n) is 61.8.